The van der Waals surface area contributed by atoms with Crippen LogP contribution in [0.25, 0.3) is 0 Å². The first kappa shape index (κ1) is 12.6. The molecule has 104 valence electrons. The number of hydrogen-bond acceptors (Lipinski definition) is 4. The van der Waals surface area contributed by atoms with Crippen molar-refractivity contribution < 1.29 is 14.3 Å². The fraction of sp³-hybridized carbons (Fsp3) is 0.692. The Labute approximate surface area is 112 Å². The summed E-state index contributed by atoms with van der Waals surface area (Å²) in [5.74, 6) is 0.00359. The first-order valence-corrected chi connectivity index (χ1v) is 6.81. The predicted molar refractivity (Wildman–Crippen MR) is 67.5 cm³/mol. The number of ether oxygens (including phenoxy) is 2. The molecule has 2 heterocycles. The molecule has 1 aromatic heterocycles. The van der Waals surface area contributed by atoms with Crippen LogP contribution in [0.1, 0.15) is 19.3 Å². The van der Waals surface area contributed by atoms with E-state index >= 15 is 0 Å². The van der Waals surface area contributed by atoms with Gasteiger partial charge < -0.3 is 14.8 Å². The lowest BCUT2D eigenvalue weighted by Gasteiger charge is -2.39. The summed E-state index contributed by atoms with van der Waals surface area (Å²) in [6, 6.07) is 2.00. The number of fused-ring (bicyclic) bond motifs is 1. The molecule has 1 saturated carbocycles. The maximum Gasteiger partial charge on any atom is 0.241 e. The number of amides is 1. The lowest BCUT2D eigenvalue weighted by molar-refractivity contribution is -0.158. The summed E-state index contributed by atoms with van der Waals surface area (Å²) in [5, 5.41) is 7.08. The van der Waals surface area contributed by atoms with E-state index in [2.05, 4.69) is 10.4 Å². The minimum Gasteiger partial charge on any atom is -0.373 e. The van der Waals surface area contributed by atoms with Gasteiger partial charge in [-0.1, -0.05) is 0 Å². The highest BCUT2D eigenvalue weighted by Crippen LogP contribution is 2.26. The average Bonchev–Trinajstić information content (AvgIpc) is 2.91. The molecule has 2 fully saturated rings. The number of nitrogens with one attached hydrogen (secondary N) is 1. The molecule has 0 aromatic carbocycles. The molecular formula is C13H19N3O3. The van der Waals surface area contributed by atoms with Gasteiger partial charge in [-0.05, 0) is 25.3 Å². The molecule has 3 rings (SSSR count). The Kier molecular flexibility index (Phi) is 3.79. The molecule has 0 spiro atoms. The highest BCUT2D eigenvalue weighted by atomic mass is 16.6. The molecule has 0 bridgehead atoms. The Hall–Kier alpha value is -1.40. The second kappa shape index (κ2) is 5.71. The summed E-state index contributed by atoms with van der Waals surface area (Å²) in [4.78, 5) is 11.9. The van der Waals surface area contributed by atoms with Crippen LogP contribution in [0.5, 0.6) is 0 Å². The van der Waals surface area contributed by atoms with Gasteiger partial charge in [0.1, 0.15) is 6.54 Å². The van der Waals surface area contributed by atoms with Gasteiger partial charge in [-0.2, -0.15) is 5.10 Å². The topological polar surface area (TPSA) is 65.4 Å². The van der Waals surface area contributed by atoms with Gasteiger partial charge in [0.15, 0.2) is 0 Å². The molecule has 2 aliphatic rings. The van der Waals surface area contributed by atoms with Gasteiger partial charge in [0.05, 0.1) is 25.4 Å². The van der Waals surface area contributed by atoms with Gasteiger partial charge in [0.25, 0.3) is 0 Å². The minimum atomic E-state index is 0.00359. The number of hydrogen-bond donors (Lipinski definition) is 1. The molecule has 1 saturated heterocycles. The molecule has 1 aromatic rings. The number of nitrogens with zero attached hydrogens (tertiary/aromatic N) is 2. The van der Waals surface area contributed by atoms with Crippen LogP contribution in [0.3, 0.4) is 0 Å². The summed E-state index contributed by atoms with van der Waals surface area (Å²) in [5.41, 5.74) is 0. The normalized spacial score (nSPS) is 30.6. The van der Waals surface area contributed by atoms with E-state index in [9.17, 15) is 4.79 Å². The monoisotopic (exact) mass is 265 g/mol. The molecule has 3 atom stereocenters. The average molecular weight is 265 g/mol. The van der Waals surface area contributed by atoms with Crippen molar-refractivity contribution in [3.8, 4) is 0 Å². The summed E-state index contributed by atoms with van der Waals surface area (Å²) in [6.07, 6.45) is 6.56. The fourth-order valence-corrected chi connectivity index (χ4v) is 2.81. The van der Waals surface area contributed by atoms with E-state index in [0.717, 1.165) is 19.3 Å². The van der Waals surface area contributed by atoms with Crippen LogP contribution in [0.4, 0.5) is 0 Å². The summed E-state index contributed by atoms with van der Waals surface area (Å²) in [7, 11) is 0. The van der Waals surface area contributed by atoms with Gasteiger partial charge in [0, 0.05) is 18.4 Å². The highest BCUT2D eigenvalue weighted by Gasteiger charge is 2.34. The van der Waals surface area contributed by atoms with Crippen molar-refractivity contribution in [2.45, 2.75) is 44.1 Å². The maximum atomic E-state index is 11.9. The van der Waals surface area contributed by atoms with Crippen LogP contribution in [-0.4, -0.2) is 47.2 Å². The van der Waals surface area contributed by atoms with Crippen molar-refractivity contribution in [3.05, 3.63) is 18.5 Å². The number of rotatable bonds is 3. The van der Waals surface area contributed by atoms with Crippen molar-refractivity contribution in [2.24, 2.45) is 0 Å². The van der Waals surface area contributed by atoms with E-state index in [-0.39, 0.29) is 30.7 Å². The van der Waals surface area contributed by atoms with Gasteiger partial charge in [-0.3, -0.25) is 9.48 Å². The lowest BCUT2D eigenvalue weighted by atomic mass is 9.89. The standard InChI is InChI=1S/C13H19N3O3/c17-13(9-16-5-1-4-14-16)15-10-2-3-11-12(8-10)19-7-6-18-11/h1,4-5,10-12H,2-3,6-9H2,(H,15,17). The fourth-order valence-electron chi connectivity index (χ4n) is 2.81. The molecule has 3 unspecified atom stereocenters. The van der Waals surface area contributed by atoms with Crippen LogP contribution in [-0.2, 0) is 20.8 Å². The summed E-state index contributed by atoms with van der Waals surface area (Å²) in [6.45, 7) is 1.63. The van der Waals surface area contributed by atoms with E-state index < -0.39 is 0 Å². The zero-order valence-electron chi connectivity index (χ0n) is 10.8. The van der Waals surface area contributed by atoms with Crippen molar-refractivity contribution >= 4 is 5.91 Å². The Morgan fingerprint density at radius 2 is 2.16 bits per heavy atom. The third-order valence-electron chi connectivity index (χ3n) is 3.71. The van der Waals surface area contributed by atoms with E-state index in [1.54, 1.807) is 17.1 Å². The first-order chi connectivity index (χ1) is 9.31. The van der Waals surface area contributed by atoms with E-state index in [1.165, 1.54) is 0 Å². The third-order valence-corrected chi connectivity index (χ3v) is 3.71. The zero-order valence-corrected chi connectivity index (χ0v) is 10.8. The second-order valence-electron chi connectivity index (χ2n) is 5.10. The van der Waals surface area contributed by atoms with Gasteiger partial charge in [-0.15, -0.1) is 0 Å². The SMILES string of the molecule is O=C(Cn1cccn1)NC1CCC2OCCOC2C1. The first-order valence-electron chi connectivity index (χ1n) is 6.81. The summed E-state index contributed by atoms with van der Waals surface area (Å²) >= 11 is 0. The highest BCUT2D eigenvalue weighted by molar-refractivity contribution is 5.75. The van der Waals surface area contributed by atoms with Crippen LogP contribution < -0.4 is 5.32 Å². The minimum absolute atomic E-state index is 0.00359. The molecule has 0 radical (unpaired) electrons. The van der Waals surface area contributed by atoms with Crippen molar-refractivity contribution in [3.63, 3.8) is 0 Å². The predicted octanol–water partition coefficient (Wildman–Crippen LogP) is 0.336. The third kappa shape index (κ3) is 3.13. The Morgan fingerprint density at radius 1 is 1.32 bits per heavy atom. The Bertz CT molecular complexity index is 421. The Balaban J connectivity index is 1.49. The molecule has 1 aliphatic carbocycles. The molecule has 1 amide bonds. The molecule has 6 nitrogen and oxygen atoms in total. The van der Waals surface area contributed by atoms with Crippen molar-refractivity contribution in [1.29, 1.82) is 0 Å². The second-order valence-corrected chi connectivity index (χ2v) is 5.10. The van der Waals surface area contributed by atoms with E-state index in [1.807, 2.05) is 6.07 Å². The molecule has 19 heavy (non-hydrogen) atoms. The molecule has 6 heteroatoms. The van der Waals surface area contributed by atoms with Crippen molar-refractivity contribution in [1.82, 2.24) is 15.1 Å². The molecular weight excluding hydrogens is 246 g/mol. The Morgan fingerprint density at radius 3 is 2.95 bits per heavy atom. The molecule has 1 N–H and O–H groups in total. The van der Waals surface area contributed by atoms with Crippen LogP contribution in [0.2, 0.25) is 0 Å². The maximum absolute atomic E-state index is 11.9. The van der Waals surface area contributed by atoms with Gasteiger partial charge in [0.2, 0.25) is 5.91 Å². The van der Waals surface area contributed by atoms with Crippen LogP contribution >= 0.6 is 0 Å². The van der Waals surface area contributed by atoms with E-state index in [4.69, 9.17) is 9.47 Å². The van der Waals surface area contributed by atoms with E-state index in [0.29, 0.717) is 13.2 Å². The van der Waals surface area contributed by atoms with Crippen molar-refractivity contribution in [2.75, 3.05) is 13.2 Å². The smallest absolute Gasteiger partial charge is 0.241 e. The quantitative estimate of drug-likeness (QED) is 0.855. The van der Waals surface area contributed by atoms with Crippen LogP contribution in [0, 0.1) is 0 Å². The summed E-state index contributed by atoms with van der Waals surface area (Å²) < 4.78 is 13.0. The number of carbonyl (C=O) groups is 1. The molecule has 1 aliphatic heterocycles. The zero-order chi connectivity index (χ0) is 13.1. The van der Waals surface area contributed by atoms with Gasteiger partial charge >= 0.3 is 0 Å². The number of carbonyl (C=O) groups excluding carboxylic acids is 1. The largest absolute Gasteiger partial charge is 0.373 e. The number of aromatic nitrogens is 2. The van der Waals surface area contributed by atoms with Crippen LogP contribution in [0.15, 0.2) is 18.5 Å². The van der Waals surface area contributed by atoms with Gasteiger partial charge in [-0.25, -0.2) is 0 Å². The lowest BCUT2D eigenvalue weighted by Crippen LogP contribution is -2.49.